The molecule has 0 amide bonds. The standard InChI is InChI=1S/C14H17N3O4S2/c1-4-5-12(21-3)17-23(18,19)14-15-13(16-22-14)10-6-8-11(20-2)9-7-10/h5-9,17H,4H2,1-3H3. The molecule has 0 aliphatic heterocycles. The Morgan fingerprint density at radius 2 is 2.00 bits per heavy atom. The van der Waals surface area contributed by atoms with Crippen molar-refractivity contribution >= 4 is 21.6 Å². The van der Waals surface area contributed by atoms with E-state index in [1.54, 1.807) is 37.5 Å². The van der Waals surface area contributed by atoms with Gasteiger partial charge in [0.1, 0.15) is 5.75 Å². The van der Waals surface area contributed by atoms with Gasteiger partial charge in [-0.25, -0.2) is 9.71 Å². The van der Waals surface area contributed by atoms with E-state index in [4.69, 9.17) is 9.47 Å². The molecule has 0 atom stereocenters. The normalized spacial score (nSPS) is 12.0. The zero-order valence-electron chi connectivity index (χ0n) is 12.9. The predicted molar refractivity (Wildman–Crippen MR) is 87.6 cm³/mol. The summed E-state index contributed by atoms with van der Waals surface area (Å²) in [7, 11) is -0.848. The Labute approximate surface area is 139 Å². The van der Waals surface area contributed by atoms with Crippen LogP contribution >= 0.6 is 11.5 Å². The van der Waals surface area contributed by atoms with Crippen molar-refractivity contribution in [3.63, 3.8) is 0 Å². The maximum absolute atomic E-state index is 12.3. The fourth-order valence-electron chi connectivity index (χ4n) is 1.70. The van der Waals surface area contributed by atoms with E-state index in [1.807, 2.05) is 6.92 Å². The van der Waals surface area contributed by atoms with E-state index in [0.29, 0.717) is 23.6 Å². The molecule has 1 heterocycles. The molecule has 0 aliphatic carbocycles. The Kier molecular flexibility index (Phi) is 5.56. The number of allylic oxidation sites excluding steroid dienone is 1. The van der Waals surface area contributed by atoms with Gasteiger partial charge in [0.15, 0.2) is 11.7 Å². The number of aromatic nitrogens is 2. The molecule has 0 bridgehead atoms. The first-order chi connectivity index (χ1) is 11.0. The molecule has 23 heavy (non-hydrogen) atoms. The monoisotopic (exact) mass is 355 g/mol. The van der Waals surface area contributed by atoms with E-state index in [-0.39, 0.29) is 10.2 Å². The molecule has 0 saturated heterocycles. The number of hydrogen-bond donors (Lipinski definition) is 1. The minimum atomic E-state index is -3.82. The van der Waals surface area contributed by atoms with Crippen LogP contribution in [0.1, 0.15) is 13.3 Å². The van der Waals surface area contributed by atoms with Gasteiger partial charge in [-0.15, -0.1) is 0 Å². The van der Waals surface area contributed by atoms with E-state index in [0.717, 1.165) is 11.5 Å². The highest BCUT2D eigenvalue weighted by Crippen LogP contribution is 2.23. The largest absolute Gasteiger partial charge is 0.497 e. The van der Waals surface area contributed by atoms with Crippen LogP contribution in [0.25, 0.3) is 11.4 Å². The summed E-state index contributed by atoms with van der Waals surface area (Å²) in [6.45, 7) is 1.88. The van der Waals surface area contributed by atoms with Crippen molar-refractivity contribution in [1.82, 2.24) is 14.1 Å². The highest BCUT2D eigenvalue weighted by molar-refractivity contribution is 7.91. The summed E-state index contributed by atoms with van der Waals surface area (Å²) in [4.78, 5) is 4.09. The molecule has 9 heteroatoms. The van der Waals surface area contributed by atoms with Gasteiger partial charge in [0.25, 0.3) is 10.0 Å². The number of sulfonamides is 1. The molecule has 0 spiro atoms. The molecule has 124 valence electrons. The Balaban J connectivity index is 2.25. The molecule has 7 nitrogen and oxygen atoms in total. The summed E-state index contributed by atoms with van der Waals surface area (Å²) < 4.78 is 40.9. The molecule has 0 saturated carbocycles. The van der Waals surface area contributed by atoms with Gasteiger partial charge < -0.3 is 9.47 Å². The lowest BCUT2D eigenvalue weighted by Crippen LogP contribution is -2.24. The first kappa shape index (κ1) is 17.2. The highest BCUT2D eigenvalue weighted by Gasteiger charge is 2.22. The van der Waals surface area contributed by atoms with Crippen molar-refractivity contribution in [2.45, 2.75) is 17.7 Å². The number of rotatable bonds is 7. The average Bonchev–Trinajstić information content (AvgIpc) is 3.05. The van der Waals surface area contributed by atoms with Crippen molar-refractivity contribution < 1.29 is 17.9 Å². The Morgan fingerprint density at radius 3 is 2.57 bits per heavy atom. The van der Waals surface area contributed by atoms with Gasteiger partial charge in [-0.2, -0.15) is 12.8 Å². The van der Waals surface area contributed by atoms with Crippen molar-refractivity contribution in [2.24, 2.45) is 0 Å². The first-order valence-corrected chi connectivity index (χ1v) is 9.01. The van der Waals surface area contributed by atoms with Crippen molar-refractivity contribution in [3.8, 4) is 17.1 Å². The second-order valence-corrected chi connectivity index (χ2v) is 7.01. The fourth-order valence-corrected chi connectivity index (χ4v) is 3.50. The van der Waals surface area contributed by atoms with Crippen LogP contribution in [-0.2, 0) is 14.8 Å². The van der Waals surface area contributed by atoms with Crippen molar-refractivity contribution in [2.75, 3.05) is 14.2 Å². The fraction of sp³-hybridized carbons (Fsp3) is 0.286. The minimum Gasteiger partial charge on any atom is -0.497 e. The maximum Gasteiger partial charge on any atom is 0.293 e. The van der Waals surface area contributed by atoms with E-state index >= 15 is 0 Å². The maximum atomic E-state index is 12.3. The summed E-state index contributed by atoms with van der Waals surface area (Å²) in [5.41, 5.74) is 0.708. The number of nitrogens with one attached hydrogen (secondary N) is 1. The second-order valence-electron chi connectivity index (χ2n) is 4.40. The zero-order valence-corrected chi connectivity index (χ0v) is 14.6. The molecular formula is C14H17N3O4S2. The number of methoxy groups -OCH3 is 2. The lowest BCUT2D eigenvalue weighted by Gasteiger charge is -2.07. The summed E-state index contributed by atoms with van der Waals surface area (Å²) in [6, 6.07) is 7.05. The molecule has 0 radical (unpaired) electrons. The third kappa shape index (κ3) is 4.20. The SMILES string of the molecule is CCC=C(NS(=O)(=O)c1nc(-c2ccc(OC)cc2)ns1)OC. The summed E-state index contributed by atoms with van der Waals surface area (Å²) >= 11 is 0.806. The van der Waals surface area contributed by atoms with Gasteiger partial charge in [0.05, 0.1) is 14.2 Å². The second kappa shape index (κ2) is 7.42. The smallest absolute Gasteiger partial charge is 0.293 e. The quantitative estimate of drug-likeness (QED) is 0.767. The van der Waals surface area contributed by atoms with E-state index in [9.17, 15) is 8.42 Å². The zero-order chi connectivity index (χ0) is 16.9. The van der Waals surface area contributed by atoms with Gasteiger partial charge in [-0.1, -0.05) is 6.92 Å². The predicted octanol–water partition coefficient (Wildman–Crippen LogP) is 2.39. The number of nitrogens with zero attached hydrogens (tertiary/aromatic N) is 2. The highest BCUT2D eigenvalue weighted by atomic mass is 32.2. The molecule has 1 aromatic heterocycles. The van der Waals surface area contributed by atoms with E-state index in [2.05, 4.69) is 14.1 Å². The summed E-state index contributed by atoms with van der Waals surface area (Å²) in [6.07, 6.45) is 2.27. The molecule has 0 fully saturated rings. The first-order valence-electron chi connectivity index (χ1n) is 6.75. The molecule has 1 N–H and O–H groups in total. The molecule has 1 aromatic carbocycles. The van der Waals surface area contributed by atoms with Crippen LogP contribution in [-0.4, -0.2) is 32.0 Å². The lowest BCUT2D eigenvalue weighted by atomic mass is 10.2. The molecule has 0 unspecified atom stereocenters. The van der Waals surface area contributed by atoms with E-state index < -0.39 is 10.0 Å². The van der Waals surface area contributed by atoms with Crippen LogP contribution < -0.4 is 9.46 Å². The number of hydrogen-bond acceptors (Lipinski definition) is 7. The van der Waals surface area contributed by atoms with Crippen LogP contribution in [0.3, 0.4) is 0 Å². The number of ether oxygens (including phenoxy) is 2. The third-order valence-electron chi connectivity index (χ3n) is 2.83. The number of benzene rings is 1. The Hall–Kier alpha value is -2.13. The van der Waals surface area contributed by atoms with Crippen molar-refractivity contribution in [3.05, 3.63) is 36.2 Å². The van der Waals surface area contributed by atoms with Gasteiger partial charge in [0, 0.05) is 17.1 Å². The Morgan fingerprint density at radius 1 is 1.30 bits per heavy atom. The average molecular weight is 355 g/mol. The molecule has 2 rings (SSSR count). The van der Waals surface area contributed by atoms with E-state index in [1.165, 1.54) is 7.11 Å². The van der Waals surface area contributed by atoms with Gasteiger partial charge in [-0.05, 0) is 36.8 Å². The molecule has 0 aliphatic rings. The molecular weight excluding hydrogens is 338 g/mol. The van der Waals surface area contributed by atoms with Crippen molar-refractivity contribution in [1.29, 1.82) is 0 Å². The Bertz CT molecular complexity index is 783. The summed E-state index contributed by atoms with van der Waals surface area (Å²) in [5.74, 6) is 1.21. The molecule has 2 aromatic rings. The van der Waals surface area contributed by atoms with Crippen LogP contribution in [0.5, 0.6) is 5.75 Å². The summed E-state index contributed by atoms with van der Waals surface area (Å²) in [5, 5.41) is 0. The van der Waals surface area contributed by atoms with Crippen LogP contribution in [0.4, 0.5) is 0 Å². The van der Waals surface area contributed by atoms with Gasteiger partial charge >= 0.3 is 0 Å². The van der Waals surface area contributed by atoms with Gasteiger partial charge in [-0.3, -0.25) is 0 Å². The third-order valence-corrected chi connectivity index (χ3v) is 5.24. The van der Waals surface area contributed by atoms with Crippen LogP contribution in [0, 0.1) is 0 Å². The minimum absolute atomic E-state index is 0.123. The lowest BCUT2D eigenvalue weighted by molar-refractivity contribution is 0.275. The van der Waals surface area contributed by atoms with Crippen LogP contribution in [0.15, 0.2) is 40.6 Å². The topological polar surface area (TPSA) is 90.4 Å². The van der Waals surface area contributed by atoms with Crippen LogP contribution in [0.2, 0.25) is 0 Å². The van der Waals surface area contributed by atoms with Gasteiger partial charge in [0.2, 0.25) is 4.34 Å².